The zero-order valence-corrected chi connectivity index (χ0v) is 16.6. The van der Waals surface area contributed by atoms with Gasteiger partial charge in [-0.25, -0.2) is 9.97 Å². The number of ether oxygens (including phenoxy) is 1. The molecule has 1 saturated heterocycles. The van der Waals surface area contributed by atoms with Gasteiger partial charge in [0.2, 0.25) is 0 Å². The van der Waals surface area contributed by atoms with Crippen LogP contribution in [0.4, 0.5) is 16.6 Å². The van der Waals surface area contributed by atoms with Crippen LogP contribution in [0.2, 0.25) is 0 Å². The molecule has 0 radical (unpaired) electrons. The van der Waals surface area contributed by atoms with Gasteiger partial charge in [-0.15, -0.1) is 11.3 Å². The van der Waals surface area contributed by atoms with Crippen LogP contribution in [0.1, 0.15) is 16.1 Å². The molecule has 0 aromatic carbocycles. The Balaban J connectivity index is 1.56. The van der Waals surface area contributed by atoms with E-state index in [9.17, 15) is 4.79 Å². The van der Waals surface area contributed by atoms with Crippen molar-refractivity contribution >= 4 is 33.9 Å². The first-order valence-electron chi connectivity index (χ1n) is 9.27. The third-order valence-corrected chi connectivity index (χ3v) is 5.71. The maximum absolute atomic E-state index is 12.0. The number of nitrogens with two attached hydrogens (primary N) is 2. The summed E-state index contributed by atoms with van der Waals surface area (Å²) in [5.74, 6) is 0.616. The number of thiophene rings is 1. The minimum absolute atomic E-state index is 0.419. The van der Waals surface area contributed by atoms with Crippen molar-refractivity contribution in [3.63, 3.8) is 0 Å². The van der Waals surface area contributed by atoms with Crippen LogP contribution in [0.5, 0.6) is 0 Å². The van der Waals surface area contributed by atoms with Crippen molar-refractivity contribution in [3.8, 4) is 10.4 Å². The number of carbonyl (C=O) groups excluding carboxylic acids is 1. The first-order chi connectivity index (χ1) is 14.1. The summed E-state index contributed by atoms with van der Waals surface area (Å²) < 4.78 is 5.39. The average molecular weight is 411 g/mol. The summed E-state index contributed by atoms with van der Waals surface area (Å²) >= 11 is 1.42. The van der Waals surface area contributed by atoms with Crippen molar-refractivity contribution in [1.29, 1.82) is 0 Å². The van der Waals surface area contributed by atoms with Gasteiger partial charge < -0.3 is 21.5 Å². The maximum atomic E-state index is 12.0. The van der Waals surface area contributed by atoms with Gasteiger partial charge in [0.05, 0.1) is 24.5 Å². The molecule has 8 nitrogen and oxygen atoms in total. The predicted octanol–water partition coefficient (Wildman–Crippen LogP) is 2.46. The molecule has 4 heterocycles. The smallest absolute Gasteiger partial charge is 0.251 e. The number of rotatable bonds is 6. The molecule has 0 atom stereocenters. The van der Waals surface area contributed by atoms with Gasteiger partial charge in [-0.3, -0.25) is 9.69 Å². The standard InChI is InChI=1S/C20H22N6O2S/c21-17-5-4-13(11-23-17)16-10-15(19(22)27)20(29-16)25-18-3-1-2-14(24-18)12-26-6-8-28-9-7-26/h1-5,10-11H,6-9,12H2,(H2,21,23)(H2,22,27)(H,24,25). The Hall–Kier alpha value is -3.01. The number of nitrogen functional groups attached to an aromatic ring is 1. The largest absolute Gasteiger partial charge is 0.384 e. The van der Waals surface area contributed by atoms with Gasteiger partial charge in [0, 0.05) is 36.3 Å². The highest BCUT2D eigenvalue weighted by atomic mass is 32.1. The number of primary amides is 1. The molecule has 0 bridgehead atoms. The molecule has 3 aromatic rings. The van der Waals surface area contributed by atoms with Crippen LogP contribution in [0.15, 0.2) is 42.6 Å². The third-order valence-electron chi connectivity index (χ3n) is 4.61. The van der Waals surface area contributed by atoms with E-state index in [1.807, 2.05) is 24.3 Å². The monoisotopic (exact) mass is 410 g/mol. The number of amides is 1. The number of aromatic nitrogens is 2. The van der Waals surface area contributed by atoms with Crippen LogP contribution in [0.3, 0.4) is 0 Å². The van der Waals surface area contributed by atoms with Gasteiger partial charge in [0.15, 0.2) is 0 Å². The minimum Gasteiger partial charge on any atom is -0.384 e. The first-order valence-corrected chi connectivity index (χ1v) is 10.1. The normalized spacial score (nSPS) is 14.6. The summed E-state index contributed by atoms with van der Waals surface area (Å²) in [5.41, 5.74) is 13.5. The van der Waals surface area contributed by atoms with Gasteiger partial charge in [-0.1, -0.05) is 6.07 Å². The Morgan fingerprint density at radius 2 is 2.07 bits per heavy atom. The summed E-state index contributed by atoms with van der Waals surface area (Å²) in [5, 5.41) is 3.90. The maximum Gasteiger partial charge on any atom is 0.251 e. The highest BCUT2D eigenvalue weighted by Gasteiger charge is 2.16. The number of nitrogens with zero attached hydrogens (tertiary/aromatic N) is 3. The van der Waals surface area contributed by atoms with E-state index >= 15 is 0 Å². The fourth-order valence-corrected chi connectivity index (χ4v) is 4.16. The summed E-state index contributed by atoms with van der Waals surface area (Å²) in [7, 11) is 0. The molecule has 4 rings (SSSR count). The number of carbonyl (C=O) groups is 1. The Morgan fingerprint density at radius 3 is 2.79 bits per heavy atom. The molecule has 0 aliphatic carbocycles. The van der Waals surface area contributed by atoms with Gasteiger partial charge in [-0.2, -0.15) is 0 Å². The highest BCUT2D eigenvalue weighted by Crippen LogP contribution is 2.36. The van der Waals surface area contributed by atoms with Gasteiger partial charge in [-0.05, 0) is 30.3 Å². The van der Waals surface area contributed by atoms with E-state index in [0.717, 1.165) is 49.0 Å². The number of morpholine rings is 1. The summed E-state index contributed by atoms with van der Waals surface area (Å²) in [6, 6.07) is 11.2. The van der Waals surface area contributed by atoms with Crippen LogP contribution in [-0.2, 0) is 11.3 Å². The predicted molar refractivity (Wildman–Crippen MR) is 114 cm³/mol. The Kier molecular flexibility index (Phi) is 5.70. The van der Waals surface area contributed by atoms with E-state index in [1.165, 1.54) is 11.3 Å². The molecular weight excluding hydrogens is 388 g/mol. The van der Waals surface area contributed by atoms with E-state index < -0.39 is 5.91 Å². The molecule has 1 fully saturated rings. The molecule has 1 amide bonds. The SMILES string of the molecule is NC(=O)c1cc(-c2ccc(N)nc2)sc1Nc1cccc(CN2CCOCC2)n1. The molecule has 3 aromatic heterocycles. The fourth-order valence-electron chi connectivity index (χ4n) is 3.10. The van der Waals surface area contributed by atoms with Crippen molar-refractivity contribution < 1.29 is 9.53 Å². The van der Waals surface area contributed by atoms with Gasteiger partial charge >= 0.3 is 0 Å². The molecular formula is C20H22N6O2S. The van der Waals surface area contributed by atoms with E-state index in [0.29, 0.717) is 22.2 Å². The summed E-state index contributed by atoms with van der Waals surface area (Å²) in [4.78, 5) is 23.9. The number of hydrogen-bond donors (Lipinski definition) is 3. The second kappa shape index (κ2) is 8.56. The quantitative estimate of drug-likeness (QED) is 0.571. The second-order valence-corrected chi connectivity index (χ2v) is 7.77. The number of anilines is 3. The Bertz CT molecular complexity index is 998. The number of pyridine rings is 2. The average Bonchev–Trinajstić information content (AvgIpc) is 3.14. The van der Waals surface area contributed by atoms with Crippen molar-refractivity contribution in [1.82, 2.24) is 14.9 Å². The molecule has 0 spiro atoms. The lowest BCUT2D eigenvalue weighted by Gasteiger charge is -2.26. The summed E-state index contributed by atoms with van der Waals surface area (Å²) in [6.07, 6.45) is 1.68. The Morgan fingerprint density at radius 1 is 1.24 bits per heavy atom. The molecule has 0 unspecified atom stereocenters. The topological polar surface area (TPSA) is 119 Å². The van der Waals surface area contributed by atoms with Crippen LogP contribution in [-0.4, -0.2) is 47.1 Å². The minimum atomic E-state index is -0.497. The molecule has 0 saturated carbocycles. The molecule has 1 aliphatic rings. The van der Waals surface area contributed by atoms with Crippen LogP contribution >= 0.6 is 11.3 Å². The van der Waals surface area contributed by atoms with Crippen molar-refractivity contribution in [2.45, 2.75) is 6.54 Å². The lowest BCUT2D eigenvalue weighted by Crippen LogP contribution is -2.35. The molecule has 29 heavy (non-hydrogen) atoms. The summed E-state index contributed by atoms with van der Waals surface area (Å²) in [6.45, 7) is 4.05. The van der Waals surface area contributed by atoms with Gasteiger partial charge in [0.25, 0.3) is 5.91 Å². The first kappa shape index (κ1) is 19.3. The van der Waals surface area contributed by atoms with Crippen LogP contribution in [0, 0.1) is 0 Å². The molecule has 5 N–H and O–H groups in total. The van der Waals surface area contributed by atoms with E-state index in [-0.39, 0.29) is 0 Å². The highest BCUT2D eigenvalue weighted by molar-refractivity contribution is 7.19. The Labute approximate surface area is 172 Å². The second-order valence-electron chi connectivity index (χ2n) is 6.72. The van der Waals surface area contributed by atoms with Crippen LogP contribution < -0.4 is 16.8 Å². The van der Waals surface area contributed by atoms with Gasteiger partial charge in [0.1, 0.15) is 16.6 Å². The molecule has 150 valence electrons. The van der Waals surface area contributed by atoms with E-state index in [1.54, 1.807) is 18.3 Å². The zero-order valence-electron chi connectivity index (χ0n) is 15.8. The zero-order chi connectivity index (χ0) is 20.2. The third kappa shape index (κ3) is 4.70. The van der Waals surface area contributed by atoms with Crippen molar-refractivity contribution in [2.24, 2.45) is 5.73 Å². The number of nitrogens with one attached hydrogen (secondary N) is 1. The van der Waals surface area contributed by atoms with Crippen LogP contribution in [0.25, 0.3) is 10.4 Å². The number of hydrogen-bond acceptors (Lipinski definition) is 8. The lowest BCUT2D eigenvalue weighted by molar-refractivity contribution is 0.0337. The lowest BCUT2D eigenvalue weighted by atomic mass is 10.2. The molecule has 1 aliphatic heterocycles. The van der Waals surface area contributed by atoms with Crippen molar-refractivity contribution in [2.75, 3.05) is 37.4 Å². The van der Waals surface area contributed by atoms with Crippen molar-refractivity contribution in [3.05, 3.63) is 53.9 Å². The fraction of sp³-hybridized carbons (Fsp3) is 0.250. The molecule has 9 heteroatoms. The van der Waals surface area contributed by atoms with E-state index in [4.69, 9.17) is 16.2 Å². The van der Waals surface area contributed by atoms with E-state index in [2.05, 4.69) is 20.2 Å².